The van der Waals surface area contributed by atoms with Crippen LogP contribution in [0.15, 0.2) is 67.1 Å². The molecule has 0 aliphatic carbocycles. The molecular formula is C20H15F4N3O3. The molecule has 10 heteroatoms. The Labute approximate surface area is 168 Å². The molecule has 1 N–H and O–H groups in total. The van der Waals surface area contributed by atoms with E-state index < -0.39 is 24.9 Å². The van der Waals surface area contributed by atoms with E-state index in [1.807, 2.05) is 0 Å². The van der Waals surface area contributed by atoms with E-state index in [4.69, 9.17) is 4.74 Å². The second-order valence-electron chi connectivity index (χ2n) is 6.00. The molecule has 156 valence electrons. The largest absolute Gasteiger partial charge is 0.471 e. The van der Waals surface area contributed by atoms with Crippen LogP contribution in [0, 0.1) is 0 Å². The maximum Gasteiger partial charge on any atom is 0.340 e. The van der Waals surface area contributed by atoms with Gasteiger partial charge in [0.05, 0.1) is 5.56 Å². The SMILES string of the molecule is O=C(Nc1cccc(Oc2ccncc2)c1)c1ccc(OCC(F)(F)C(F)F)nc1. The number of carbonyl (C=O) groups is 1. The predicted octanol–water partition coefficient (Wildman–Crippen LogP) is 4.80. The predicted molar refractivity (Wildman–Crippen MR) is 99.4 cm³/mol. The molecule has 1 amide bonds. The maximum absolute atomic E-state index is 12.9. The zero-order chi connectivity index (χ0) is 21.6. The van der Waals surface area contributed by atoms with Crippen LogP contribution in [0.3, 0.4) is 0 Å². The fourth-order valence-corrected chi connectivity index (χ4v) is 2.22. The topological polar surface area (TPSA) is 73.3 Å². The lowest BCUT2D eigenvalue weighted by molar-refractivity contribution is -0.148. The van der Waals surface area contributed by atoms with Crippen LogP contribution in [0.1, 0.15) is 10.4 Å². The van der Waals surface area contributed by atoms with Crippen molar-refractivity contribution in [3.05, 3.63) is 72.7 Å². The van der Waals surface area contributed by atoms with Gasteiger partial charge in [-0.15, -0.1) is 0 Å². The Morgan fingerprint density at radius 3 is 2.50 bits per heavy atom. The summed E-state index contributed by atoms with van der Waals surface area (Å²) in [7, 11) is 0. The van der Waals surface area contributed by atoms with Crippen molar-refractivity contribution in [2.75, 3.05) is 11.9 Å². The zero-order valence-electron chi connectivity index (χ0n) is 15.3. The number of alkyl halides is 4. The quantitative estimate of drug-likeness (QED) is 0.529. The van der Waals surface area contributed by atoms with Gasteiger partial charge in [0.15, 0.2) is 6.61 Å². The van der Waals surface area contributed by atoms with Crippen molar-refractivity contribution in [3.8, 4) is 17.4 Å². The molecule has 6 nitrogen and oxygen atoms in total. The number of hydrogen-bond donors (Lipinski definition) is 1. The number of carbonyl (C=O) groups excluding carboxylic acids is 1. The first-order valence-electron chi connectivity index (χ1n) is 8.57. The summed E-state index contributed by atoms with van der Waals surface area (Å²) in [5.41, 5.74) is 0.562. The van der Waals surface area contributed by atoms with E-state index in [1.165, 1.54) is 6.07 Å². The summed E-state index contributed by atoms with van der Waals surface area (Å²) < 4.78 is 60.2. The molecule has 30 heavy (non-hydrogen) atoms. The lowest BCUT2D eigenvalue weighted by Gasteiger charge is -2.15. The summed E-state index contributed by atoms with van der Waals surface area (Å²) in [6, 6.07) is 12.4. The zero-order valence-corrected chi connectivity index (χ0v) is 15.3. The van der Waals surface area contributed by atoms with E-state index >= 15 is 0 Å². The minimum atomic E-state index is -4.29. The fourth-order valence-electron chi connectivity index (χ4n) is 2.22. The van der Waals surface area contributed by atoms with E-state index in [9.17, 15) is 22.4 Å². The lowest BCUT2D eigenvalue weighted by atomic mass is 10.2. The summed E-state index contributed by atoms with van der Waals surface area (Å²) >= 11 is 0. The van der Waals surface area contributed by atoms with E-state index in [1.54, 1.807) is 48.8 Å². The molecule has 0 spiro atoms. The van der Waals surface area contributed by atoms with E-state index in [0.717, 1.165) is 12.3 Å². The second kappa shape index (κ2) is 9.21. The minimum absolute atomic E-state index is 0.114. The monoisotopic (exact) mass is 421 g/mol. The summed E-state index contributed by atoms with van der Waals surface area (Å²) in [6.45, 7) is -1.52. The average molecular weight is 421 g/mol. The molecule has 2 aromatic heterocycles. The highest BCUT2D eigenvalue weighted by atomic mass is 19.3. The van der Waals surface area contributed by atoms with Crippen LogP contribution in [0.4, 0.5) is 23.2 Å². The highest BCUT2D eigenvalue weighted by Gasteiger charge is 2.41. The van der Waals surface area contributed by atoms with Crippen LogP contribution in [0.5, 0.6) is 17.4 Å². The van der Waals surface area contributed by atoms with Gasteiger partial charge in [0.1, 0.15) is 11.5 Å². The molecule has 1 aromatic carbocycles. The van der Waals surface area contributed by atoms with Gasteiger partial charge in [0.25, 0.3) is 5.91 Å². The van der Waals surface area contributed by atoms with Crippen LogP contribution in [-0.4, -0.2) is 34.8 Å². The summed E-state index contributed by atoms with van der Waals surface area (Å²) in [6.07, 6.45) is 0.398. The number of hydrogen-bond acceptors (Lipinski definition) is 5. The number of benzene rings is 1. The number of nitrogens with zero attached hydrogens (tertiary/aromatic N) is 2. The summed E-state index contributed by atoms with van der Waals surface area (Å²) in [5.74, 6) is -4.06. The number of halogens is 4. The Morgan fingerprint density at radius 1 is 1.07 bits per heavy atom. The number of pyridine rings is 2. The number of rotatable bonds is 8. The highest BCUT2D eigenvalue weighted by Crippen LogP contribution is 2.25. The number of amides is 1. The van der Waals surface area contributed by atoms with Gasteiger partial charge in [-0.1, -0.05) is 6.07 Å². The van der Waals surface area contributed by atoms with Gasteiger partial charge in [0.2, 0.25) is 5.88 Å². The summed E-state index contributed by atoms with van der Waals surface area (Å²) in [5, 5.41) is 2.64. The highest BCUT2D eigenvalue weighted by molar-refractivity contribution is 6.04. The van der Waals surface area contributed by atoms with Crippen LogP contribution < -0.4 is 14.8 Å². The molecule has 0 aliphatic heterocycles. The molecule has 3 rings (SSSR count). The van der Waals surface area contributed by atoms with E-state index in [0.29, 0.717) is 17.2 Å². The smallest absolute Gasteiger partial charge is 0.340 e. The van der Waals surface area contributed by atoms with Crippen LogP contribution in [0.25, 0.3) is 0 Å². The molecule has 0 radical (unpaired) electrons. The lowest BCUT2D eigenvalue weighted by Crippen LogP contribution is -2.33. The first kappa shape index (κ1) is 21.0. The van der Waals surface area contributed by atoms with Crippen molar-refractivity contribution in [2.45, 2.75) is 12.3 Å². The maximum atomic E-state index is 12.9. The van der Waals surface area contributed by atoms with Crippen molar-refractivity contribution in [2.24, 2.45) is 0 Å². The Balaban J connectivity index is 1.60. The van der Waals surface area contributed by atoms with Gasteiger partial charge in [-0.2, -0.15) is 8.78 Å². The van der Waals surface area contributed by atoms with Crippen LogP contribution in [-0.2, 0) is 0 Å². The van der Waals surface area contributed by atoms with Crippen molar-refractivity contribution in [1.82, 2.24) is 9.97 Å². The number of nitrogens with one attached hydrogen (secondary N) is 1. The van der Waals surface area contributed by atoms with E-state index in [2.05, 4.69) is 20.0 Å². The van der Waals surface area contributed by atoms with Gasteiger partial charge < -0.3 is 14.8 Å². The summed E-state index contributed by atoms with van der Waals surface area (Å²) in [4.78, 5) is 19.9. The van der Waals surface area contributed by atoms with Crippen molar-refractivity contribution in [1.29, 1.82) is 0 Å². The fraction of sp³-hybridized carbons (Fsp3) is 0.150. The van der Waals surface area contributed by atoms with Gasteiger partial charge in [-0.05, 0) is 30.3 Å². The molecule has 2 heterocycles. The third-order valence-electron chi connectivity index (χ3n) is 3.71. The Kier molecular flexibility index (Phi) is 6.45. The van der Waals surface area contributed by atoms with E-state index in [-0.39, 0.29) is 11.4 Å². The molecule has 0 aliphatic rings. The minimum Gasteiger partial charge on any atom is -0.471 e. The molecule has 0 bridgehead atoms. The Morgan fingerprint density at radius 2 is 1.83 bits per heavy atom. The molecule has 0 saturated carbocycles. The van der Waals surface area contributed by atoms with Crippen molar-refractivity contribution >= 4 is 11.6 Å². The van der Waals surface area contributed by atoms with Gasteiger partial charge in [-0.25, -0.2) is 13.8 Å². The first-order valence-corrected chi connectivity index (χ1v) is 8.57. The first-order chi connectivity index (χ1) is 14.3. The molecule has 3 aromatic rings. The molecule has 0 fully saturated rings. The number of anilines is 1. The third-order valence-corrected chi connectivity index (χ3v) is 3.71. The Hall–Kier alpha value is -3.69. The van der Waals surface area contributed by atoms with Crippen molar-refractivity contribution in [3.63, 3.8) is 0 Å². The molecule has 0 saturated heterocycles. The second-order valence-corrected chi connectivity index (χ2v) is 6.00. The normalized spacial score (nSPS) is 11.2. The van der Waals surface area contributed by atoms with Crippen LogP contribution >= 0.6 is 0 Å². The van der Waals surface area contributed by atoms with Crippen LogP contribution in [0.2, 0.25) is 0 Å². The number of ether oxygens (including phenoxy) is 2. The molecule has 0 unspecified atom stereocenters. The molecular weight excluding hydrogens is 406 g/mol. The number of aromatic nitrogens is 2. The van der Waals surface area contributed by atoms with Gasteiger partial charge in [-0.3, -0.25) is 9.78 Å². The third kappa shape index (κ3) is 5.66. The van der Waals surface area contributed by atoms with Crippen molar-refractivity contribution < 1.29 is 31.8 Å². The Bertz CT molecular complexity index is 986. The standard InChI is InChI=1S/C20H15F4N3O3/c21-19(22)20(23,24)12-29-17-5-4-13(11-26-17)18(28)27-14-2-1-3-16(10-14)30-15-6-8-25-9-7-15/h1-11,19H,12H2,(H,27,28). The average Bonchev–Trinajstić information content (AvgIpc) is 2.73. The van der Waals surface area contributed by atoms with Gasteiger partial charge >= 0.3 is 12.3 Å². The molecule has 0 atom stereocenters. The van der Waals surface area contributed by atoms with Gasteiger partial charge in [0, 0.05) is 36.4 Å².